The third-order valence-electron chi connectivity index (χ3n) is 2.84. The molecule has 1 aromatic rings. The van der Waals surface area contributed by atoms with Crippen molar-refractivity contribution < 1.29 is 18.3 Å². The van der Waals surface area contributed by atoms with Gasteiger partial charge >= 0.3 is 6.18 Å². The van der Waals surface area contributed by atoms with Crippen molar-refractivity contribution in [2.45, 2.75) is 6.18 Å². The minimum Gasteiger partial charge on any atom is -0.395 e. The van der Waals surface area contributed by atoms with Crippen LogP contribution in [-0.2, 0) is 6.18 Å². The molecular formula is C10H14F3N3OS. The Morgan fingerprint density at radius 1 is 1.28 bits per heavy atom. The molecule has 0 amide bonds. The Bertz CT molecular complexity index is 388. The molecule has 2 heterocycles. The van der Waals surface area contributed by atoms with Gasteiger partial charge in [-0.05, 0) is 0 Å². The van der Waals surface area contributed by atoms with E-state index in [9.17, 15) is 13.2 Å². The number of aliphatic hydroxyl groups is 1. The molecule has 0 bridgehead atoms. The van der Waals surface area contributed by atoms with Crippen molar-refractivity contribution in [1.82, 2.24) is 9.88 Å². The van der Waals surface area contributed by atoms with Crippen molar-refractivity contribution in [2.75, 3.05) is 44.2 Å². The van der Waals surface area contributed by atoms with Crippen LogP contribution < -0.4 is 4.90 Å². The van der Waals surface area contributed by atoms with E-state index in [1.54, 1.807) is 0 Å². The first-order valence-corrected chi connectivity index (χ1v) is 6.49. The molecule has 0 spiro atoms. The van der Waals surface area contributed by atoms with Crippen LogP contribution in [0.2, 0.25) is 0 Å². The number of thiazole rings is 1. The molecule has 1 aliphatic heterocycles. The summed E-state index contributed by atoms with van der Waals surface area (Å²) in [6.07, 6.45) is -4.37. The van der Waals surface area contributed by atoms with Crippen molar-refractivity contribution >= 4 is 16.5 Å². The fraction of sp³-hybridized carbons (Fsp3) is 0.700. The highest BCUT2D eigenvalue weighted by atomic mass is 32.1. The molecule has 0 saturated carbocycles. The molecule has 8 heteroatoms. The van der Waals surface area contributed by atoms with E-state index < -0.39 is 11.9 Å². The zero-order valence-corrected chi connectivity index (χ0v) is 10.5. The van der Waals surface area contributed by atoms with E-state index in [1.807, 2.05) is 4.90 Å². The molecule has 1 saturated heterocycles. The zero-order valence-electron chi connectivity index (χ0n) is 9.65. The highest BCUT2D eigenvalue weighted by molar-refractivity contribution is 7.13. The van der Waals surface area contributed by atoms with Crippen LogP contribution >= 0.6 is 11.3 Å². The summed E-state index contributed by atoms with van der Waals surface area (Å²) in [6, 6.07) is 0. The lowest BCUT2D eigenvalue weighted by molar-refractivity contribution is -0.140. The Hall–Kier alpha value is -0.860. The number of piperazine rings is 1. The summed E-state index contributed by atoms with van der Waals surface area (Å²) in [5.74, 6) is 0. The maximum Gasteiger partial charge on any atom is 0.434 e. The molecule has 0 unspecified atom stereocenters. The van der Waals surface area contributed by atoms with Gasteiger partial charge in [0.1, 0.15) is 0 Å². The van der Waals surface area contributed by atoms with E-state index in [0.717, 1.165) is 29.8 Å². The summed E-state index contributed by atoms with van der Waals surface area (Å²) < 4.78 is 37.3. The summed E-state index contributed by atoms with van der Waals surface area (Å²) in [5, 5.41) is 10.3. The number of β-amino-alcohol motifs (C(OH)–C–C–N with tert-alkyl or cyclic N) is 1. The maximum atomic E-state index is 12.4. The normalized spacial score (nSPS) is 18.3. The molecule has 102 valence electrons. The minimum atomic E-state index is -4.37. The molecule has 18 heavy (non-hydrogen) atoms. The van der Waals surface area contributed by atoms with Gasteiger partial charge in [-0.2, -0.15) is 13.2 Å². The number of halogens is 3. The van der Waals surface area contributed by atoms with Gasteiger partial charge in [0.05, 0.1) is 6.61 Å². The summed E-state index contributed by atoms with van der Waals surface area (Å²) in [5.41, 5.74) is -0.819. The zero-order chi connectivity index (χ0) is 13.2. The molecule has 1 aliphatic rings. The van der Waals surface area contributed by atoms with Crippen LogP contribution in [0, 0.1) is 0 Å². The minimum absolute atomic E-state index is 0.107. The second kappa shape index (κ2) is 5.41. The van der Waals surface area contributed by atoms with E-state index in [0.29, 0.717) is 24.8 Å². The maximum absolute atomic E-state index is 12.4. The van der Waals surface area contributed by atoms with Gasteiger partial charge in [0.15, 0.2) is 10.8 Å². The van der Waals surface area contributed by atoms with Crippen LogP contribution in [0.15, 0.2) is 5.38 Å². The fourth-order valence-electron chi connectivity index (χ4n) is 1.84. The van der Waals surface area contributed by atoms with E-state index in [1.165, 1.54) is 0 Å². The number of hydrogen-bond acceptors (Lipinski definition) is 5. The smallest absolute Gasteiger partial charge is 0.395 e. The quantitative estimate of drug-likeness (QED) is 0.906. The van der Waals surface area contributed by atoms with Gasteiger partial charge in [0, 0.05) is 38.1 Å². The molecule has 0 aromatic carbocycles. The first-order valence-electron chi connectivity index (χ1n) is 5.61. The van der Waals surface area contributed by atoms with Gasteiger partial charge in [-0.15, -0.1) is 11.3 Å². The predicted molar refractivity (Wildman–Crippen MR) is 62.9 cm³/mol. The topological polar surface area (TPSA) is 39.6 Å². The summed E-state index contributed by atoms with van der Waals surface area (Å²) >= 11 is 1.02. The highest BCUT2D eigenvalue weighted by Crippen LogP contribution is 2.33. The number of rotatable bonds is 3. The van der Waals surface area contributed by atoms with Gasteiger partial charge in [-0.25, -0.2) is 4.98 Å². The number of anilines is 1. The molecule has 4 nitrogen and oxygen atoms in total. The van der Waals surface area contributed by atoms with Gasteiger partial charge in [-0.3, -0.25) is 4.90 Å². The molecule has 0 aliphatic carbocycles. The Kier molecular flexibility index (Phi) is 4.08. The van der Waals surface area contributed by atoms with Crippen molar-refractivity contribution in [3.63, 3.8) is 0 Å². The number of aromatic nitrogens is 1. The lowest BCUT2D eigenvalue weighted by Crippen LogP contribution is -2.47. The van der Waals surface area contributed by atoms with Gasteiger partial charge < -0.3 is 10.0 Å². The molecule has 2 rings (SSSR count). The second-order valence-electron chi connectivity index (χ2n) is 4.07. The average molecular weight is 281 g/mol. The Morgan fingerprint density at radius 2 is 1.94 bits per heavy atom. The van der Waals surface area contributed by atoms with Crippen molar-refractivity contribution in [3.05, 3.63) is 11.1 Å². The Morgan fingerprint density at radius 3 is 2.44 bits per heavy atom. The van der Waals surface area contributed by atoms with E-state index in [-0.39, 0.29) is 6.61 Å². The largest absolute Gasteiger partial charge is 0.434 e. The molecular weight excluding hydrogens is 267 g/mol. The summed E-state index contributed by atoms with van der Waals surface area (Å²) in [7, 11) is 0. The molecule has 1 N–H and O–H groups in total. The van der Waals surface area contributed by atoms with Crippen LogP contribution in [0.1, 0.15) is 5.69 Å². The van der Waals surface area contributed by atoms with Gasteiger partial charge in [-0.1, -0.05) is 0 Å². The van der Waals surface area contributed by atoms with E-state index >= 15 is 0 Å². The Balaban J connectivity index is 1.95. The summed E-state index contributed by atoms with van der Waals surface area (Å²) in [6.45, 7) is 3.48. The first-order chi connectivity index (χ1) is 8.50. The van der Waals surface area contributed by atoms with Gasteiger partial charge in [0.2, 0.25) is 0 Å². The Labute approximate surface area is 107 Å². The van der Waals surface area contributed by atoms with Crippen LogP contribution in [0.5, 0.6) is 0 Å². The fourth-order valence-corrected chi connectivity index (χ4v) is 2.73. The standard InChI is InChI=1S/C10H14F3N3OS/c11-10(12,13)8-7-18-9(14-8)16-3-1-15(2-4-16)5-6-17/h7,17H,1-6H2. The molecule has 0 radical (unpaired) electrons. The average Bonchev–Trinajstić information content (AvgIpc) is 2.79. The van der Waals surface area contributed by atoms with Crippen LogP contribution in [-0.4, -0.2) is 54.3 Å². The predicted octanol–water partition coefficient (Wildman–Crippen LogP) is 1.28. The van der Waals surface area contributed by atoms with Crippen LogP contribution in [0.3, 0.4) is 0 Å². The number of aliphatic hydroxyl groups excluding tert-OH is 1. The van der Waals surface area contributed by atoms with Crippen LogP contribution in [0.4, 0.5) is 18.3 Å². The van der Waals surface area contributed by atoms with Gasteiger partial charge in [0.25, 0.3) is 0 Å². The summed E-state index contributed by atoms with van der Waals surface area (Å²) in [4.78, 5) is 7.56. The van der Waals surface area contributed by atoms with Crippen LogP contribution in [0.25, 0.3) is 0 Å². The lowest BCUT2D eigenvalue weighted by Gasteiger charge is -2.34. The lowest BCUT2D eigenvalue weighted by atomic mass is 10.3. The molecule has 1 aromatic heterocycles. The second-order valence-corrected chi connectivity index (χ2v) is 4.90. The van der Waals surface area contributed by atoms with Crippen molar-refractivity contribution in [2.24, 2.45) is 0 Å². The third kappa shape index (κ3) is 3.12. The monoisotopic (exact) mass is 281 g/mol. The number of nitrogens with zero attached hydrogens (tertiary/aromatic N) is 3. The highest BCUT2D eigenvalue weighted by Gasteiger charge is 2.34. The number of hydrogen-bond donors (Lipinski definition) is 1. The van der Waals surface area contributed by atoms with E-state index in [2.05, 4.69) is 9.88 Å². The van der Waals surface area contributed by atoms with E-state index in [4.69, 9.17) is 5.11 Å². The van der Waals surface area contributed by atoms with Crippen molar-refractivity contribution in [3.8, 4) is 0 Å². The number of alkyl halides is 3. The molecule has 0 atom stereocenters. The first kappa shape index (κ1) is 13.6. The third-order valence-corrected chi connectivity index (χ3v) is 3.74. The van der Waals surface area contributed by atoms with Crippen molar-refractivity contribution in [1.29, 1.82) is 0 Å². The SMILES string of the molecule is OCCN1CCN(c2nc(C(F)(F)F)cs2)CC1. The molecule has 1 fully saturated rings.